The van der Waals surface area contributed by atoms with Gasteiger partial charge in [-0.15, -0.1) is 12.4 Å². The molecule has 0 aromatic heterocycles. The maximum absolute atomic E-state index is 12.7. The van der Waals surface area contributed by atoms with Crippen molar-refractivity contribution in [2.45, 2.75) is 18.7 Å². The van der Waals surface area contributed by atoms with E-state index in [1.807, 2.05) is 0 Å². The lowest BCUT2D eigenvalue weighted by atomic mass is 10.1. The van der Waals surface area contributed by atoms with Gasteiger partial charge in [-0.3, -0.25) is 4.79 Å². The van der Waals surface area contributed by atoms with Crippen LogP contribution in [0.3, 0.4) is 0 Å². The van der Waals surface area contributed by atoms with Crippen molar-refractivity contribution in [3.63, 3.8) is 0 Å². The molecule has 0 radical (unpaired) electrons. The summed E-state index contributed by atoms with van der Waals surface area (Å²) in [5, 5.41) is 2.73. The van der Waals surface area contributed by atoms with Gasteiger partial charge in [0.05, 0.1) is 17.2 Å². The molecule has 0 aliphatic carbocycles. The van der Waals surface area contributed by atoms with E-state index in [9.17, 15) is 13.2 Å². The number of halogens is 1. The highest BCUT2D eigenvalue weighted by molar-refractivity contribution is 7.89. The van der Waals surface area contributed by atoms with E-state index in [-0.39, 0.29) is 23.0 Å². The van der Waals surface area contributed by atoms with E-state index in [4.69, 9.17) is 10.5 Å². The Morgan fingerprint density at radius 2 is 1.85 bits per heavy atom. The van der Waals surface area contributed by atoms with Crippen LogP contribution in [0.4, 0.5) is 11.4 Å². The monoisotopic (exact) mass is 413 g/mol. The largest absolute Gasteiger partial charge is 0.492 e. The number of benzene rings is 2. The minimum Gasteiger partial charge on any atom is -0.492 e. The molecule has 0 saturated carbocycles. The molecule has 0 heterocycles. The van der Waals surface area contributed by atoms with Crippen LogP contribution in [0.1, 0.15) is 22.8 Å². The van der Waals surface area contributed by atoms with Crippen molar-refractivity contribution < 1.29 is 17.9 Å². The molecule has 2 aromatic carbocycles. The molecule has 0 spiro atoms. The van der Waals surface area contributed by atoms with Crippen molar-refractivity contribution in [3.05, 3.63) is 47.5 Å². The Morgan fingerprint density at radius 1 is 1.19 bits per heavy atom. The molecule has 0 saturated heterocycles. The van der Waals surface area contributed by atoms with E-state index < -0.39 is 15.9 Å². The molecule has 7 nitrogen and oxygen atoms in total. The number of amides is 1. The minimum absolute atomic E-state index is 0. The van der Waals surface area contributed by atoms with Crippen LogP contribution in [-0.4, -0.2) is 39.3 Å². The number of carbonyl (C=O) groups excluding carboxylic acids is 1. The Hall–Kier alpha value is -2.29. The molecular formula is C18H24ClN3O4S. The third-order valence-corrected chi connectivity index (χ3v) is 5.59. The SMILES string of the molecule is CCOc1ccc(S(=O)(=O)N(C)C)cc1NC(=O)c1cc(N)ccc1C.Cl. The highest BCUT2D eigenvalue weighted by atomic mass is 35.5. The van der Waals surface area contributed by atoms with E-state index >= 15 is 0 Å². The number of carbonyl (C=O) groups is 1. The summed E-state index contributed by atoms with van der Waals surface area (Å²) in [6.07, 6.45) is 0. The van der Waals surface area contributed by atoms with Crippen molar-refractivity contribution in [2.24, 2.45) is 0 Å². The number of nitrogens with zero attached hydrogens (tertiary/aromatic N) is 1. The predicted molar refractivity (Wildman–Crippen MR) is 109 cm³/mol. The molecule has 0 aliphatic rings. The summed E-state index contributed by atoms with van der Waals surface area (Å²) in [5.74, 6) is -0.00438. The highest BCUT2D eigenvalue weighted by Gasteiger charge is 2.20. The number of aryl methyl sites for hydroxylation is 1. The van der Waals surface area contributed by atoms with Gasteiger partial charge in [0.25, 0.3) is 5.91 Å². The van der Waals surface area contributed by atoms with Gasteiger partial charge in [-0.1, -0.05) is 6.07 Å². The Labute approximate surface area is 166 Å². The number of hydrogen-bond acceptors (Lipinski definition) is 5. The summed E-state index contributed by atoms with van der Waals surface area (Å²) >= 11 is 0. The number of nitrogens with two attached hydrogens (primary N) is 1. The summed E-state index contributed by atoms with van der Waals surface area (Å²) < 4.78 is 31.3. The smallest absolute Gasteiger partial charge is 0.256 e. The van der Waals surface area contributed by atoms with Gasteiger partial charge in [-0.05, 0) is 49.7 Å². The highest BCUT2D eigenvalue weighted by Crippen LogP contribution is 2.29. The van der Waals surface area contributed by atoms with E-state index in [2.05, 4.69) is 5.32 Å². The molecule has 0 aliphatic heterocycles. The third kappa shape index (κ3) is 5.12. The average Bonchev–Trinajstić information content (AvgIpc) is 2.58. The zero-order valence-corrected chi connectivity index (χ0v) is 17.3. The van der Waals surface area contributed by atoms with Gasteiger partial charge in [0.2, 0.25) is 10.0 Å². The molecule has 0 unspecified atom stereocenters. The molecular weight excluding hydrogens is 390 g/mol. The summed E-state index contributed by atoms with van der Waals surface area (Å²) in [6.45, 7) is 3.98. The average molecular weight is 414 g/mol. The lowest BCUT2D eigenvalue weighted by molar-refractivity contribution is 0.102. The quantitative estimate of drug-likeness (QED) is 0.709. The number of nitrogens with one attached hydrogen (secondary N) is 1. The third-order valence-electron chi connectivity index (χ3n) is 3.78. The first-order valence-electron chi connectivity index (χ1n) is 8.03. The number of nitrogen functional groups attached to an aromatic ring is 1. The fourth-order valence-electron chi connectivity index (χ4n) is 2.33. The van der Waals surface area contributed by atoms with E-state index in [0.717, 1.165) is 9.87 Å². The molecule has 9 heteroatoms. The normalized spacial score (nSPS) is 11.0. The maximum atomic E-state index is 12.7. The Kier molecular flexibility index (Phi) is 7.65. The first-order valence-corrected chi connectivity index (χ1v) is 9.47. The van der Waals surface area contributed by atoms with Crippen LogP contribution in [0, 0.1) is 6.92 Å². The fourth-order valence-corrected chi connectivity index (χ4v) is 3.26. The lowest BCUT2D eigenvalue weighted by Gasteiger charge is -2.16. The zero-order valence-electron chi connectivity index (χ0n) is 15.6. The summed E-state index contributed by atoms with van der Waals surface area (Å²) in [5.41, 5.74) is 7.67. The van der Waals surface area contributed by atoms with Crippen LogP contribution in [0.5, 0.6) is 5.75 Å². The minimum atomic E-state index is -3.64. The van der Waals surface area contributed by atoms with Crippen LogP contribution < -0.4 is 15.8 Å². The molecule has 3 N–H and O–H groups in total. The topological polar surface area (TPSA) is 102 Å². The first-order chi connectivity index (χ1) is 12.2. The molecule has 27 heavy (non-hydrogen) atoms. The summed E-state index contributed by atoms with van der Waals surface area (Å²) in [7, 11) is -0.751. The summed E-state index contributed by atoms with van der Waals surface area (Å²) in [4.78, 5) is 12.7. The Morgan fingerprint density at radius 3 is 2.44 bits per heavy atom. The van der Waals surface area contributed by atoms with Gasteiger partial charge in [0.15, 0.2) is 0 Å². The molecule has 2 rings (SSSR count). The zero-order chi connectivity index (χ0) is 19.5. The van der Waals surface area contributed by atoms with E-state index in [0.29, 0.717) is 23.6 Å². The van der Waals surface area contributed by atoms with E-state index in [1.165, 1.54) is 32.3 Å². The van der Waals surface area contributed by atoms with E-state index in [1.54, 1.807) is 32.0 Å². The Bertz CT molecular complexity index is 930. The number of hydrogen-bond donors (Lipinski definition) is 2. The molecule has 1 amide bonds. The number of anilines is 2. The number of sulfonamides is 1. The fraction of sp³-hybridized carbons (Fsp3) is 0.278. The number of rotatable bonds is 6. The van der Waals surface area contributed by atoms with Gasteiger partial charge in [0, 0.05) is 25.3 Å². The lowest BCUT2D eigenvalue weighted by Crippen LogP contribution is -2.22. The molecule has 0 fully saturated rings. The van der Waals surface area contributed by atoms with Gasteiger partial charge < -0.3 is 15.8 Å². The van der Waals surface area contributed by atoms with Crippen molar-refractivity contribution in [1.82, 2.24) is 4.31 Å². The van der Waals surface area contributed by atoms with Crippen LogP contribution in [-0.2, 0) is 10.0 Å². The van der Waals surface area contributed by atoms with Crippen molar-refractivity contribution in [1.29, 1.82) is 0 Å². The van der Waals surface area contributed by atoms with Gasteiger partial charge in [-0.2, -0.15) is 0 Å². The molecule has 0 bridgehead atoms. The van der Waals surface area contributed by atoms with Crippen LogP contribution in [0.2, 0.25) is 0 Å². The van der Waals surface area contributed by atoms with Crippen LogP contribution >= 0.6 is 12.4 Å². The first kappa shape index (κ1) is 22.8. The molecule has 2 aromatic rings. The van der Waals surface area contributed by atoms with Gasteiger partial charge in [0.1, 0.15) is 5.75 Å². The summed E-state index contributed by atoms with van der Waals surface area (Å²) in [6, 6.07) is 9.40. The maximum Gasteiger partial charge on any atom is 0.256 e. The standard InChI is InChI=1S/C18H23N3O4S.ClH/c1-5-25-17-9-8-14(26(23,24)21(3)4)11-16(17)20-18(22)15-10-13(19)7-6-12(15)2;/h6-11H,5,19H2,1-4H3,(H,20,22);1H. The molecule has 148 valence electrons. The second kappa shape index (κ2) is 9.07. The van der Waals surface area contributed by atoms with Crippen molar-refractivity contribution in [3.8, 4) is 5.75 Å². The number of ether oxygens (including phenoxy) is 1. The second-order valence-corrected chi connectivity index (χ2v) is 8.06. The predicted octanol–water partition coefficient (Wildman–Crippen LogP) is 2.90. The van der Waals surface area contributed by atoms with Crippen molar-refractivity contribution in [2.75, 3.05) is 31.8 Å². The Balaban J connectivity index is 0.00000364. The van der Waals surface area contributed by atoms with Crippen molar-refractivity contribution >= 4 is 39.7 Å². The van der Waals surface area contributed by atoms with Crippen LogP contribution in [0.15, 0.2) is 41.3 Å². The van der Waals surface area contributed by atoms with Crippen LogP contribution in [0.25, 0.3) is 0 Å². The van der Waals surface area contributed by atoms with Gasteiger partial charge in [-0.25, -0.2) is 12.7 Å². The van der Waals surface area contributed by atoms with Gasteiger partial charge >= 0.3 is 0 Å². The molecule has 0 atom stereocenters. The second-order valence-electron chi connectivity index (χ2n) is 5.91.